The Balaban J connectivity index is 2.22. The van der Waals surface area contributed by atoms with Gasteiger partial charge in [0.25, 0.3) is 0 Å². The summed E-state index contributed by atoms with van der Waals surface area (Å²) in [5.74, 6) is 1.32. The summed E-state index contributed by atoms with van der Waals surface area (Å²) in [5.41, 5.74) is 1.79. The molecule has 4 nitrogen and oxygen atoms in total. The molecule has 0 bridgehead atoms. The lowest BCUT2D eigenvalue weighted by Crippen LogP contribution is -1.92. The van der Waals surface area contributed by atoms with Gasteiger partial charge in [-0.05, 0) is 24.6 Å². The highest BCUT2D eigenvalue weighted by atomic mass is 16.5. The zero-order valence-electron chi connectivity index (χ0n) is 9.79. The zero-order chi connectivity index (χ0) is 12.1. The summed E-state index contributed by atoms with van der Waals surface area (Å²) in [6, 6.07) is 7.55. The third kappa shape index (κ3) is 2.87. The van der Waals surface area contributed by atoms with Gasteiger partial charge in [0.05, 0.1) is 13.3 Å². The van der Waals surface area contributed by atoms with Crippen LogP contribution in [0.15, 0.2) is 41.7 Å². The topological polar surface area (TPSA) is 47.4 Å². The second-order valence-electron chi connectivity index (χ2n) is 3.55. The maximum Gasteiger partial charge on any atom is 0.170 e. The van der Waals surface area contributed by atoms with Gasteiger partial charge in [0.1, 0.15) is 11.4 Å². The van der Waals surface area contributed by atoms with Gasteiger partial charge in [0.2, 0.25) is 0 Å². The molecule has 0 N–H and O–H groups in total. The summed E-state index contributed by atoms with van der Waals surface area (Å²) in [6.07, 6.45) is 5.14. The normalized spacial score (nSPS) is 10.7. The van der Waals surface area contributed by atoms with Gasteiger partial charge in [-0.1, -0.05) is 12.1 Å². The van der Waals surface area contributed by atoms with E-state index < -0.39 is 0 Å². The molecule has 0 fully saturated rings. The largest absolute Gasteiger partial charge is 0.494 e. The van der Waals surface area contributed by atoms with Crippen LogP contribution in [0.3, 0.4) is 0 Å². The minimum Gasteiger partial charge on any atom is -0.494 e. The van der Waals surface area contributed by atoms with Crippen molar-refractivity contribution < 1.29 is 4.74 Å². The third-order valence-corrected chi connectivity index (χ3v) is 2.21. The van der Waals surface area contributed by atoms with E-state index in [1.165, 1.54) is 0 Å². The maximum atomic E-state index is 5.20. The predicted octanol–water partition coefficient (Wildman–Crippen LogP) is 2.54. The van der Waals surface area contributed by atoms with Gasteiger partial charge in [-0.15, -0.1) is 0 Å². The van der Waals surface area contributed by atoms with Crippen LogP contribution in [0.2, 0.25) is 0 Å². The van der Waals surface area contributed by atoms with Crippen molar-refractivity contribution in [2.45, 2.75) is 6.92 Å². The summed E-state index contributed by atoms with van der Waals surface area (Å²) in [5, 5.41) is 0. The summed E-state index contributed by atoms with van der Waals surface area (Å²) >= 11 is 0. The average Bonchev–Trinajstić information content (AvgIpc) is 2.38. The first-order valence-corrected chi connectivity index (χ1v) is 5.25. The van der Waals surface area contributed by atoms with Crippen LogP contribution in [0.5, 0.6) is 5.75 Å². The van der Waals surface area contributed by atoms with Gasteiger partial charge in [-0.25, -0.2) is 15.0 Å². The van der Waals surface area contributed by atoms with Crippen molar-refractivity contribution in [2.24, 2.45) is 4.99 Å². The molecule has 1 heterocycles. The molecule has 4 heteroatoms. The van der Waals surface area contributed by atoms with E-state index in [1.807, 2.05) is 31.2 Å². The molecule has 0 aliphatic rings. The molecule has 0 radical (unpaired) electrons. The van der Waals surface area contributed by atoms with E-state index in [0.717, 1.165) is 17.0 Å². The number of aliphatic imine (C=N–C) groups is 1. The molecule has 17 heavy (non-hydrogen) atoms. The summed E-state index contributed by atoms with van der Waals surface area (Å²) < 4.78 is 5.20. The Kier molecular flexibility index (Phi) is 3.45. The molecular formula is C13H13N3O. The quantitative estimate of drug-likeness (QED) is 0.757. The molecule has 0 unspecified atom stereocenters. The Morgan fingerprint density at radius 1 is 1.18 bits per heavy atom. The Morgan fingerprint density at radius 2 is 1.88 bits per heavy atom. The number of hydrogen-bond donors (Lipinski definition) is 0. The number of aromatic nitrogens is 2. The molecule has 0 saturated heterocycles. The van der Waals surface area contributed by atoms with E-state index in [0.29, 0.717) is 5.82 Å². The van der Waals surface area contributed by atoms with E-state index in [1.54, 1.807) is 25.7 Å². The fourth-order valence-electron chi connectivity index (χ4n) is 1.33. The minimum atomic E-state index is 0.585. The van der Waals surface area contributed by atoms with Crippen molar-refractivity contribution in [3.05, 3.63) is 48.0 Å². The Morgan fingerprint density at radius 3 is 2.59 bits per heavy atom. The van der Waals surface area contributed by atoms with Gasteiger partial charge in [-0.3, -0.25) is 0 Å². The lowest BCUT2D eigenvalue weighted by Gasteiger charge is -2.02. The van der Waals surface area contributed by atoms with Crippen LogP contribution in [0.25, 0.3) is 0 Å². The Labute approximate surface area is 100 Å². The van der Waals surface area contributed by atoms with Gasteiger partial charge in [-0.2, -0.15) is 0 Å². The maximum absolute atomic E-state index is 5.20. The highest BCUT2D eigenvalue weighted by Crippen LogP contribution is 2.25. The number of methoxy groups -OCH3 is 1. The van der Waals surface area contributed by atoms with Crippen LogP contribution in [-0.2, 0) is 0 Å². The molecule has 86 valence electrons. The predicted molar refractivity (Wildman–Crippen MR) is 67.0 cm³/mol. The fraction of sp³-hybridized carbons (Fsp3) is 0.154. The number of hydrogen-bond acceptors (Lipinski definition) is 4. The van der Waals surface area contributed by atoms with E-state index >= 15 is 0 Å². The molecular weight excluding hydrogens is 214 g/mol. The molecule has 0 spiro atoms. The zero-order valence-corrected chi connectivity index (χ0v) is 9.79. The molecule has 0 aliphatic carbocycles. The molecule has 0 saturated carbocycles. The van der Waals surface area contributed by atoms with Crippen molar-refractivity contribution in [1.82, 2.24) is 9.97 Å². The molecule has 1 aromatic heterocycles. The number of nitrogens with zero attached hydrogens (tertiary/aromatic N) is 3. The van der Waals surface area contributed by atoms with Gasteiger partial charge >= 0.3 is 0 Å². The lowest BCUT2D eigenvalue weighted by molar-refractivity contribution is 0.416. The van der Waals surface area contributed by atoms with Crippen LogP contribution < -0.4 is 4.74 Å². The van der Waals surface area contributed by atoms with E-state index in [-0.39, 0.29) is 0 Å². The van der Waals surface area contributed by atoms with Gasteiger partial charge < -0.3 is 4.74 Å². The molecule has 1 aromatic carbocycles. The van der Waals surface area contributed by atoms with Crippen LogP contribution >= 0.6 is 0 Å². The highest BCUT2D eigenvalue weighted by molar-refractivity contribution is 5.78. The van der Waals surface area contributed by atoms with Gasteiger partial charge in [0, 0.05) is 12.4 Å². The molecule has 2 rings (SSSR count). The third-order valence-electron chi connectivity index (χ3n) is 2.21. The number of para-hydroxylation sites is 2. The van der Waals surface area contributed by atoms with E-state index in [4.69, 9.17) is 4.74 Å². The number of aryl methyl sites for hydroxylation is 1. The van der Waals surface area contributed by atoms with Crippen molar-refractivity contribution in [3.63, 3.8) is 0 Å². The first kappa shape index (κ1) is 11.3. The van der Waals surface area contributed by atoms with Crippen LogP contribution in [-0.4, -0.2) is 23.3 Å². The first-order valence-electron chi connectivity index (χ1n) is 5.25. The summed E-state index contributed by atoms with van der Waals surface area (Å²) in [7, 11) is 1.62. The molecule has 0 atom stereocenters. The second kappa shape index (κ2) is 5.21. The minimum absolute atomic E-state index is 0.585. The highest BCUT2D eigenvalue weighted by Gasteiger charge is 1.98. The Bertz CT molecular complexity index is 520. The SMILES string of the molecule is COc1ccccc1N=Cc1ncc(C)cn1. The Hall–Kier alpha value is -2.23. The van der Waals surface area contributed by atoms with E-state index in [2.05, 4.69) is 15.0 Å². The monoisotopic (exact) mass is 227 g/mol. The molecule has 0 aliphatic heterocycles. The van der Waals surface area contributed by atoms with Crippen LogP contribution in [0.1, 0.15) is 11.4 Å². The standard InChI is InChI=1S/C13H13N3O/c1-10-7-15-13(16-8-10)9-14-11-5-3-4-6-12(11)17-2/h3-9H,1-2H3. The smallest absolute Gasteiger partial charge is 0.170 e. The van der Waals surface area contributed by atoms with Gasteiger partial charge in [0.15, 0.2) is 5.82 Å². The second-order valence-corrected chi connectivity index (χ2v) is 3.55. The van der Waals surface area contributed by atoms with Crippen LogP contribution in [0.4, 0.5) is 5.69 Å². The number of benzene rings is 1. The van der Waals surface area contributed by atoms with E-state index in [9.17, 15) is 0 Å². The number of ether oxygens (including phenoxy) is 1. The van der Waals surface area contributed by atoms with Crippen molar-refractivity contribution >= 4 is 11.9 Å². The fourth-order valence-corrected chi connectivity index (χ4v) is 1.33. The molecule has 0 amide bonds. The number of rotatable bonds is 3. The summed E-state index contributed by atoms with van der Waals surface area (Å²) in [6.45, 7) is 1.95. The van der Waals surface area contributed by atoms with Crippen molar-refractivity contribution in [3.8, 4) is 5.75 Å². The average molecular weight is 227 g/mol. The lowest BCUT2D eigenvalue weighted by atomic mass is 10.3. The van der Waals surface area contributed by atoms with Crippen molar-refractivity contribution in [2.75, 3.05) is 7.11 Å². The molecule has 2 aromatic rings. The first-order chi connectivity index (χ1) is 8.29. The van der Waals surface area contributed by atoms with Crippen molar-refractivity contribution in [1.29, 1.82) is 0 Å². The summed E-state index contributed by atoms with van der Waals surface area (Å²) in [4.78, 5) is 12.6. The van der Waals surface area contributed by atoms with Crippen LogP contribution in [0, 0.1) is 6.92 Å².